The highest BCUT2D eigenvalue weighted by atomic mass is 16.2. The first kappa shape index (κ1) is 23.7. The monoisotopic (exact) mass is 392 g/mol. The Morgan fingerprint density at radius 2 is 1.43 bits per heavy atom. The molecule has 158 valence electrons. The summed E-state index contributed by atoms with van der Waals surface area (Å²) in [6, 6.07) is 8.71. The molecule has 2 N–H and O–H groups in total. The summed E-state index contributed by atoms with van der Waals surface area (Å²) in [4.78, 5) is 29.7. The fourth-order valence-corrected chi connectivity index (χ4v) is 2.68. The molecule has 28 heavy (non-hydrogen) atoms. The van der Waals surface area contributed by atoms with E-state index in [9.17, 15) is 9.59 Å². The number of rotatable bonds is 10. The van der Waals surface area contributed by atoms with Crippen LogP contribution in [0.2, 0.25) is 0 Å². The predicted molar refractivity (Wildman–Crippen MR) is 114 cm³/mol. The topological polar surface area (TPSA) is 71.2 Å². The molecule has 0 aliphatic carbocycles. The van der Waals surface area contributed by atoms with E-state index in [1.165, 1.54) is 10.0 Å². The van der Waals surface area contributed by atoms with Gasteiger partial charge in [-0.25, -0.2) is 19.6 Å². The average molecular weight is 393 g/mol. The molecule has 0 radical (unpaired) electrons. The second kappa shape index (κ2) is 13.0. The van der Waals surface area contributed by atoms with Crippen LogP contribution in [0, 0.1) is 0 Å². The van der Waals surface area contributed by atoms with E-state index in [-0.39, 0.29) is 12.1 Å². The van der Waals surface area contributed by atoms with Crippen molar-refractivity contribution in [3.8, 4) is 0 Å². The predicted octanol–water partition coefficient (Wildman–Crippen LogP) is 2.37. The zero-order chi connectivity index (χ0) is 20.9. The molecule has 0 bridgehead atoms. The fraction of sp³-hybridized carbons (Fsp3) is 0.600. The largest absolute Gasteiger partial charge is 0.340 e. The molecule has 0 aromatic heterocycles. The summed E-state index contributed by atoms with van der Waals surface area (Å²) in [5.41, 5.74) is 0.701. The van der Waals surface area contributed by atoms with E-state index in [0.717, 1.165) is 25.9 Å². The molecule has 0 aliphatic rings. The van der Waals surface area contributed by atoms with Gasteiger partial charge >= 0.3 is 12.1 Å². The third kappa shape index (κ3) is 9.05. The smallest absolute Gasteiger partial charge is 0.336 e. The first-order chi connectivity index (χ1) is 13.3. The maximum Gasteiger partial charge on any atom is 0.340 e. The number of nitrogens with one attached hydrogen (secondary N) is 2. The summed E-state index contributed by atoms with van der Waals surface area (Å²) in [5.74, 6) is 0. The molecule has 1 aromatic carbocycles. The standard InChI is InChI=1S/C20H36N6O2/c1-6-25(19(27)21-14-10-15-23(2)3)26(17-11-16-24(4)5)20(28)22-18-12-8-7-9-13-18/h7-9,12-13H,6,10-11,14-17H2,1-5H3,(H,21,27)(H,22,28). The van der Waals surface area contributed by atoms with Crippen molar-refractivity contribution in [2.75, 3.05) is 66.2 Å². The van der Waals surface area contributed by atoms with Gasteiger partial charge in [0, 0.05) is 25.3 Å². The quantitative estimate of drug-likeness (QED) is 0.474. The van der Waals surface area contributed by atoms with Gasteiger partial charge in [0.25, 0.3) is 0 Å². The van der Waals surface area contributed by atoms with E-state index >= 15 is 0 Å². The Labute approximate surface area is 169 Å². The summed E-state index contributed by atoms with van der Waals surface area (Å²) in [6.07, 6.45) is 1.62. The van der Waals surface area contributed by atoms with Gasteiger partial charge in [0.2, 0.25) is 0 Å². The first-order valence-corrected chi connectivity index (χ1v) is 9.83. The van der Waals surface area contributed by atoms with Gasteiger partial charge in [-0.15, -0.1) is 0 Å². The van der Waals surface area contributed by atoms with Crippen LogP contribution in [0.4, 0.5) is 15.3 Å². The Kier molecular flexibility index (Phi) is 11.0. The van der Waals surface area contributed by atoms with Crippen LogP contribution in [0.15, 0.2) is 30.3 Å². The van der Waals surface area contributed by atoms with Crippen LogP contribution in [-0.2, 0) is 0 Å². The molecule has 0 atom stereocenters. The van der Waals surface area contributed by atoms with Gasteiger partial charge in [0.15, 0.2) is 0 Å². The maximum atomic E-state index is 12.9. The molecule has 0 spiro atoms. The molecule has 8 nitrogen and oxygen atoms in total. The van der Waals surface area contributed by atoms with Crippen LogP contribution in [0.3, 0.4) is 0 Å². The minimum Gasteiger partial charge on any atom is -0.336 e. The Hall–Kier alpha value is -2.32. The molecule has 8 heteroatoms. The molecule has 4 amide bonds. The van der Waals surface area contributed by atoms with Crippen LogP contribution >= 0.6 is 0 Å². The molecule has 0 saturated heterocycles. The van der Waals surface area contributed by atoms with E-state index in [2.05, 4.69) is 20.4 Å². The average Bonchev–Trinajstić information content (AvgIpc) is 2.65. The Balaban J connectivity index is 2.77. The minimum absolute atomic E-state index is 0.255. The van der Waals surface area contributed by atoms with Gasteiger partial charge in [-0.1, -0.05) is 18.2 Å². The van der Waals surface area contributed by atoms with Crippen molar-refractivity contribution in [2.24, 2.45) is 0 Å². The lowest BCUT2D eigenvalue weighted by atomic mass is 10.3. The van der Waals surface area contributed by atoms with Gasteiger partial charge in [0.1, 0.15) is 0 Å². The Bertz CT molecular complexity index is 579. The maximum absolute atomic E-state index is 12.9. The number of nitrogens with zero attached hydrogens (tertiary/aromatic N) is 4. The second-order valence-corrected chi connectivity index (χ2v) is 7.18. The van der Waals surface area contributed by atoms with Crippen molar-refractivity contribution in [2.45, 2.75) is 19.8 Å². The summed E-state index contributed by atoms with van der Waals surface area (Å²) in [5, 5.41) is 8.77. The zero-order valence-electron chi connectivity index (χ0n) is 17.9. The second-order valence-electron chi connectivity index (χ2n) is 7.18. The molecule has 1 aromatic rings. The zero-order valence-corrected chi connectivity index (χ0v) is 17.9. The highest BCUT2D eigenvalue weighted by Crippen LogP contribution is 2.09. The van der Waals surface area contributed by atoms with Crippen molar-refractivity contribution in [1.82, 2.24) is 25.1 Å². The van der Waals surface area contributed by atoms with Crippen molar-refractivity contribution in [1.29, 1.82) is 0 Å². The fourth-order valence-electron chi connectivity index (χ4n) is 2.68. The van der Waals surface area contributed by atoms with Gasteiger partial charge in [-0.3, -0.25) is 0 Å². The van der Waals surface area contributed by atoms with E-state index in [1.54, 1.807) is 0 Å². The lowest BCUT2D eigenvalue weighted by molar-refractivity contribution is 0.0542. The number of carbonyl (C=O) groups excluding carboxylic acids is 2. The number of urea groups is 2. The Morgan fingerprint density at radius 3 is 2.00 bits per heavy atom. The number of benzene rings is 1. The van der Waals surface area contributed by atoms with Crippen molar-refractivity contribution in [3.05, 3.63) is 30.3 Å². The van der Waals surface area contributed by atoms with E-state index < -0.39 is 0 Å². The van der Waals surface area contributed by atoms with Crippen molar-refractivity contribution in [3.63, 3.8) is 0 Å². The van der Waals surface area contributed by atoms with Crippen LogP contribution in [0.5, 0.6) is 0 Å². The number of anilines is 1. The summed E-state index contributed by atoms with van der Waals surface area (Å²) >= 11 is 0. The third-order valence-corrected chi connectivity index (χ3v) is 4.12. The van der Waals surface area contributed by atoms with Gasteiger partial charge in [-0.05, 0) is 73.2 Å². The lowest BCUT2D eigenvalue weighted by Crippen LogP contribution is -2.55. The highest BCUT2D eigenvalue weighted by Gasteiger charge is 2.24. The molecular weight excluding hydrogens is 356 g/mol. The van der Waals surface area contributed by atoms with Gasteiger partial charge < -0.3 is 20.4 Å². The third-order valence-electron chi connectivity index (χ3n) is 4.12. The summed E-state index contributed by atoms with van der Waals surface area (Å²) in [6.45, 7) is 5.03. The van der Waals surface area contributed by atoms with E-state index in [4.69, 9.17) is 0 Å². The molecule has 0 fully saturated rings. The Morgan fingerprint density at radius 1 is 0.821 bits per heavy atom. The van der Waals surface area contributed by atoms with Crippen molar-refractivity contribution >= 4 is 17.7 Å². The number of hydrazine groups is 1. The molecule has 0 heterocycles. The van der Waals surface area contributed by atoms with Gasteiger partial charge in [-0.2, -0.15) is 0 Å². The molecule has 1 rings (SSSR count). The van der Waals surface area contributed by atoms with Crippen LogP contribution in [-0.4, -0.2) is 92.8 Å². The molecule has 0 saturated carbocycles. The van der Waals surface area contributed by atoms with Crippen LogP contribution in [0.1, 0.15) is 19.8 Å². The SMILES string of the molecule is CCN(C(=O)NCCCN(C)C)N(CCCN(C)C)C(=O)Nc1ccccc1. The van der Waals surface area contributed by atoms with Crippen LogP contribution in [0.25, 0.3) is 0 Å². The number of amides is 4. The van der Waals surface area contributed by atoms with E-state index in [1.807, 2.05) is 65.4 Å². The lowest BCUT2D eigenvalue weighted by Gasteiger charge is -2.34. The number of hydrogen-bond donors (Lipinski definition) is 2. The molecule has 0 aliphatic heterocycles. The summed E-state index contributed by atoms with van der Waals surface area (Å²) < 4.78 is 0. The number of carbonyl (C=O) groups is 2. The molecular formula is C20H36N6O2. The van der Waals surface area contributed by atoms with Crippen LogP contribution < -0.4 is 10.6 Å². The molecule has 0 unspecified atom stereocenters. The number of para-hydroxylation sites is 1. The normalized spacial score (nSPS) is 10.8. The number of hydrogen-bond acceptors (Lipinski definition) is 4. The summed E-state index contributed by atoms with van der Waals surface area (Å²) in [7, 11) is 7.98. The first-order valence-electron chi connectivity index (χ1n) is 9.83. The van der Waals surface area contributed by atoms with Crippen molar-refractivity contribution < 1.29 is 9.59 Å². The highest BCUT2D eigenvalue weighted by molar-refractivity contribution is 5.90. The van der Waals surface area contributed by atoms with Gasteiger partial charge in [0.05, 0.1) is 0 Å². The minimum atomic E-state index is -0.310. The van der Waals surface area contributed by atoms with E-state index in [0.29, 0.717) is 25.3 Å².